The van der Waals surface area contributed by atoms with E-state index in [1.165, 1.54) is 121 Å². The van der Waals surface area contributed by atoms with Crippen LogP contribution in [-0.4, -0.2) is 101 Å². The quantitative estimate of drug-likeness (QED) is 0.0181. The van der Waals surface area contributed by atoms with Crippen LogP contribution in [0.5, 0.6) is 0 Å². The van der Waals surface area contributed by atoms with Gasteiger partial charge in [-0.25, -0.2) is 9.78 Å². The molecule has 3 rings (SSSR count). The van der Waals surface area contributed by atoms with Gasteiger partial charge in [0.1, 0.15) is 36.0 Å². The Morgan fingerprint density at radius 3 is 1.93 bits per heavy atom. The molecule has 0 aromatic carbocycles. The van der Waals surface area contributed by atoms with Gasteiger partial charge in [0.25, 0.3) is 11.8 Å². The number of β-lactam (4-membered cyclic amide) rings is 1. The largest absolute Gasteiger partial charge is 0.453 e. The topological polar surface area (TPSA) is 175 Å². The summed E-state index contributed by atoms with van der Waals surface area (Å²) in [5.74, 6) is -2.17. The smallest absolute Gasteiger partial charge is 0.355 e. The summed E-state index contributed by atoms with van der Waals surface area (Å²) in [6, 6.07) is -1.19. The SMILES string of the molecule is CCCCCCCCCCCCOCC(COCCCCCCCCCCCC)OC(=O)C1=CCS(=O)[C@@H]2C(NC(=O)/C(=N\OC)c3csc(NC=O)n3)C(=O)N12. The van der Waals surface area contributed by atoms with Crippen molar-refractivity contribution in [3.05, 3.63) is 22.8 Å². The highest BCUT2D eigenvalue weighted by Gasteiger charge is 2.56. The van der Waals surface area contributed by atoms with Gasteiger partial charge in [-0.05, 0) is 18.9 Å². The second-order valence-electron chi connectivity index (χ2n) is 14.7. The fraction of sp³-hybridized carbons (Fsp3) is 0.756. The van der Waals surface area contributed by atoms with Gasteiger partial charge in [-0.15, -0.1) is 11.3 Å². The molecule has 2 aliphatic rings. The van der Waals surface area contributed by atoms with Crippen molar-refractivity contribution in [1.29, 1.82) is 0 Å². The molecule has 1 aromatic heterocycles. The number of aromatic nitrogens is 1. The molecule has 16 heteroatoms. The first-order valence-electron chi connectivity index (χ1n) is 21.2. The van der Waals surface area contributed by atoms with Gasteiger partial charge < -0.3 is 29.7 Å². The highest BCUT2D eigenvalue weighted by Crippen LogP contribution is 2.33. The molecule has 2 N–H and O–H groups in total. The molecule has 1 aromatic rings. The molecule has 0 bridgehead atoms. The maximum atomic E-state index is 13.6. The predicted molar refractivity (Wildman–Crippen MR) is 224 cm³/mol. The lowest BCUT2D eigenvalue weighted by molar-refractivity contribution is -0.159. The zero-order valence-corrected chi connectivity index (χ0v) is 36.1. The van der Waals surface area contributed by atoms with Gasteiger partial charge in [-0.1, -0.05) is 135 Å². The Morgan fingerprint density at radius 1 is 0.895 bits per heavy atom. The van der Waals surface area contributed by atoms with Crippen LogP contribution in [0.2, 0.25) is 0 Å². The molecule has 3 heterocycles. The van der Waals surface area contributed by atoms with Crippen molar-refractivity contribution >= 4 is 57.2 Å². The Labute approximate surface area is 346 Å². The van der Waals surface area contributed by atoms with E-state index in [4.69, 9.17) is 19.0 Å². The number of anilines is 1. The molecular formula is C41H67N5O9S2. The van der Waals surface area contributed by atoms with Crippen LogP contribution in [0.1, 0.15) is 148 Å². The summed E-state index contributed by atoms with van der Waals surface area (Å²) in [5, 5.41) is 9.47. The fourth-order valence-corrected chi connectivity index (χ4v) is 8.92. The van der Waals surface area contributed by atoms with Gasteiger partial charge >= 0.3 is 5.97 Å². The summed E-state index contributed by atoms with van der Waals surface area (Å²) in [4.78, 5) is 61.2. The van der Waals surface area contributed by atoms with Crippen LogP contribution in [0, 0.1) is 0 Å². The van der Waals surface area contributed by atoms with E-state index in [1.807, 2.05) is 0 Å². The van der Waals surface area contributed by atoms with Crippen LogP contribution < -0.4 is 10.6 Å². The minimum absolute atomic E-state index is 0.00771. The number of carbonyl (C=O) groups excluding carboxylic acids is 4. The Balaban J connectivity index is 1.51. The van der Waals surface area contributed by atoms with E-state index in [0.29, 0.717) is 19.6 Å². The number of ether oxygens (including phenoxy) is 3. The van der Waals surface area contributed by atoms with Crippen molar-refractivity contribution in [2.24, 2.45) is 5.16 Å². The maximum Gasteiger partial charge on any atom is 0.355 e. The van der Waals surface area contributed by atoms with E-state index in [2.05, 4.69) is 34.6 Å². The summed E-state index contributed by atoms with van der Waals surface area (Å²) >= 11 is 1.07. The van der Waals surface area contributed by atoms with Crippen molar-refractivity contribution < 1.29 is 42.4 Å². The Kier molecular flexibility index (Phi) is 24.6. The van der Waals surface area contributed by atoms with Crippen LogP contribution >= 0.6 is 11.3 Å². The van der Waals surface area contributed by atoms with Crippen molar-refractivity contribution in [3.8, 4) is 0 Å². The second kappa shape index (κ2) is 29.1. The molecule has 57 heavy (non-hydrogen) atoms. The van der Waals surface area contributed by atoms with Gasteiger partial charge in [0.05, 0.1) is 24.0 Å². The first kappa shape index (κ1) is 48.2. The van der Waals surface area contributed by atoms with E-state index in [0.717, 1.165) is 41.9 Å². The number of nitrogens with one attached hydrogen (secondary N) is 2. The van der Waals surface area contributed by atoms with Gasteiger partial charge in [-0.2, -0.15) is 0 Å². The minimum atomic E-state index is -1.61. The summed E-state index contributed by atoms with van der Waals surface area (Å²) < 4.78 is 30.9. The lowest BCUT2D eigenvalue weighted by Crippen LogP contribution is -2.73. The lowest BCUT2D eigenvalue weighted by atomic mass is 10.0. The number of oxime groups is 1. The van der Waals surface area contributed by atoms with Crippen molar-refractivity contribution in [1.82, 2.24) is 15.2 Å². The number of rotatable bonds is 34. The lowest BCUT2D eigenvalue weighted by Gasteiger charge is -2.48. The molecule has 1 fully saturated rings. The zero-order valence-electron chi connectivity index (χ0n) is 34.5. The molecule has 14 nitrogen and oxygen atoms in total. The number of hydrogen-bond acceptors (Lipinski definition) is 12. The maximum absolute atomic E-state index is 13.6. The number of amides is 3. The Morgan fingerprint density at radius 2 is 1.42 bits per heavy atom. The van der Waals surface area contributed by atoms with Crippen LogP contribution in [-0.2, 0) is 49.0 Å². The van der Waals surface area contributed by atoms with Gasteiger partial charge in [0.2, 0.25) is 6.41 Å². The number of thiazole rings is 1. The molecule has 0 spiro atoms. The molecule has 3 amide bonds. The summed E-state index contributed by atoms with van der Waals surface area (Å²) in [6.07, 6.45) is 25.6. The van der Waals surface area contributed by atoms with Crippen molar-refractivity contribution in [3.63, 3.8) is 0 Å². The highest BCUT2D eigenvalue weighted by atomic mass is 32.2. The molecule has 0 aliphatic carbocycles. The Bertz CT molecular complexity index is 1410. The normalized spacial score (nSPS) is 17.9. The molecule has 322 valence electrons. The monoisotopic (exact) mass is 837 g/mol. The van der Waals surface area contributed by atoms with E-state index in [-0.39, 0.29) is 41.2 Å². The molecule has 0 radical (unpaired) electrons. The molecular weight excluding hydrogens is 771 g/mol. The van der Waals surface area contributed by atoms with Crippen LogP contribution in [0.15, 0.2) is 22.3 Å². The molecule has 0 saturated carbocycles. The van der Waals surface area contributed by atoms with Gasteiger partial charge in [0, 0.05) is 24.3 Å². The average Bonchev–Trinajstić information content (AvgIpc) is 3.67. The summed E-state index contributed by atoms with van der Waals surface area (Å²) in [6.45, 7) is 5.86. The third-order valence-corrected chi connectivity index (χ3v) is 12.3. The standard InChI is InChI=1S/C41H67N5O9S2/c1-4-6-8-10-12-14-16-18-20-22-25-53-28-32(29-54-26-23-21-19-17-15-13-11-9-7-5-2)55-40(50)34-24-27-57(51)39-36(38(49)46(34)39)44-37(48)35(45-52-3)33-30-56-41(43-33)42-31-47/h24,30-32,36,39H,4-23,25-29H2,1-3H3,(H,44,48)(H,42,43,47)/b45-35-/t36?,39-,57?/m1/s1. The third kappa shape index (κ3) is 17.3. The second-order valence-corrected chi connectivity index (χ2v) is 17.1. The van der Waals surface area contributed by atoms with Gasteiger partial charge in [0.15, 0.2) is 10.8 Å². The first-order valence-corrected chi connectivity index (χ1v) is 23.5. The minimum Gasteiger partial charge on any atom is -0.453 e. The van der Waals surface area contributed by atoms with Crippen LogP contribution in [0.3, 0.4) is 0 Å². The summed E-state index contributed by atoms with van der Waals surface area (Å²) in [7, 11) is -0.359. The highest BCUT2D eigenvalue weighted by molar-refractivity contribution is 7.86. The number of nitrogens with zero attached hydrogens (tertiary/aromatic N) is 3. The number of carbonyl (C=O) groups is 4. The predicted octanol–water partition coefficient (Wildman–Crippen LogP) is 7.15. The van der Waals surface area contributed by atoms with E-state index < -0.39 is 46.1 Å². The number of esters is 1. The molecule has 2 unspecified atom stereocenters. The molecule has 3 atom stereocenters. The van der Waals surface area contributed by atoms with Crippen molar-refractivity contribution in [2.75, 3.05) is 44.6 Å². The summed E-state index contributed by atoms with van der Waals surface area (Å²) in [5.41, 5.74) is -0.161. The number of hydrogen-bond donors (Lipinski definition) is 2. The van der Waals surface area contributed by atoms with Crippen LogP contribution in [0.4, 0.5) is 5.13 Å². The first-order chi connectivity index (χ1) is 27.9. The molecule has 1 saturated heterocycles. The van der Waals surface area contributed by atoms with Crippen LogP contribution in [0.25, 0.3) is 0 Å². The average molecular weight is 838 g/mol. The fourth-order valence-electron chi connectivity index (χ4n) is 6.81. The van der Waals surface area contributed by atoms with E-state index in [9.17, 15) is 23.4 Å². The van der Waals surface area contributed by atoms with E-state index in [1.54, 1.807) is 0 Å². The third-order valence-electron chi connectivity index (χ3n) is 10.0. The van der Waals surface area contributed by atoms with Gasteiger partial charge in [-0.3, -0.25) is 23.5 Å². The van der Waals surface area contributed by atoms with Crippen molar-refractivity contribution in [2.45, 2.75) is 160 Å². The van der Waals surface area contributed by atoms with E-state index >= 15 is 0 Å². The number of unbranched alkanes of at least 4 members (excludes halogenated alkanes) is 18. The molecule has 2 aliphatic heterocycles. The Hall–Kier alpha value is -3.21. The number of fused-ring (bicyclic) bond motifs is 1. The zero-order chi connectivity index (χ0) is 41.1.